The first-order valence-electron chi connectivity index (χ1n) is 18.2. The van der Waals surface area contributed by atoms with Gasteiger partial charge in [-0.1, -0.05) is 121 Å². The van der Waals surface area contributed by atoms with E-state index < -0.39 is 0 Å². The van der Waals surface area contributed by atoms with Gasteiger partial charge in [-0.15, -0.1) is 0 Å². The molecule has 0 N–H and O–H groups in total. The van der Waals surface area contributed by atoms with Crippen LogP contribution in [0.25, 0.3) is 99.8 Å². The Morgan fingerprint density at radius 3 is 1.48 bits per heavy atom. The van der Waals surface area contributed by atoms with E-state index in [-0.39, 0.29) is 0 Å². The van der Waals surface area contributed by atoms with Crippen LogP contribution in [0, 0.1) is 0 Å². The monoisotopic (exact) mass is 689 g/mol. The lowest BCUT2D eigenvalue weighted by atomic mass is 10.0. The Hall–Kier alpha value is -7.37. The summed E-state index contributed by atoms with van der Waals surface area (Å²) in [7, 11) is 0. The highest BCUT2D eigenvalue weighted by atomic mass is 15.1. The van der Waals surface area contributed by atoms with E-state index in [2.05, 4.69) is 143 Å². The molecule has 0 unspecified atom stereocenters. The van der Waals surface area contributed by atoms with Gasteiger partial charge in [-0.25, -0.2) is 15.0 Å². The first-order valence-corrected chi connectivity index (χ1v) is 18.2. The number of fused-ring (bicyclic) bond motifs is 7. The lowest BCUT2D eigenvalue weighted by molar-refractivity contribution is 1.08. The molecule has 0 spiro atoms. The minimum atomic E-state index is 0.826. The fourth-order valence-corrected chi connectivity index (χ4v) is 8.08. The van der Waals surface area contributed by atoms with Gasteiger partial charge in [0.2, 0.25) is 0 Å². The Kier molecular flexibility index (Phi) is 6.79. The van der Waals surface area contributed by atoms with Crippen LogP contribution in [0.1, 0.15) is 0 Å². The van der Waals surface area contributed by atoms with Crippen molar-refractivity contribution in [3.05, 3.63) is 188 Å². The van der Waals surface area contributed by atoms with Crippen molar-refractivity contribution < 1.29 is 0 Å². The fraction of sp³-hybridized carbons (Fsp3) is 0. The molecule has 54 heavy (non-hydrogen) atoms. The molecule has 0 aliphatic rings. The Labute approximate surface area is 311 Å². The first kappa shape index (κ1) is 30.3. The average Bonchev–Trinajstić information content (AvgIpc) is 3.75. The molecule has 5 heteroatoms. The number of nitrogens with zero attached hydrogens (tertiary/aromatic N) is 5. The molecular weight excluding hydrogens is 659 g/mol. The molecule has 0 saturated heterocycles. The highest BCUT2D eigenvalue weighted by Crippen LogP contribution is 2.40. The first-order chi connectivity index (χ1) is 26.8. The van der Waals surface area contributed by atoms with Gasteiger partial charge in [0.15, 0.2) is 0 Å². The summed E-state index contributed by atoms with van der Waals surface area (Å²) in [6, 6.07) is 64.1. The predicted molar refractivity (Wildman–Crippen MR) is 222 cm³/mol. The zero-order valence-electron chi connectivity index (χ0n) is 29.1. The predicted octanol–water partition coefficient (Wildman–Crippen LogP) is 12.2. The summed E-state index contributed by atoms with van der Waals surface area (Å²) in [5.41, 5.74) is 13.5. The molecule has 11 rings (SSSR count). The maximum absolute atomic E-state index is 5.20. The molecule has 4 heterocycles. The molecule has 0 amide bonds. The van der Waals surface area contributed by atoms with Crippen LogP contribution >= 0.6 is 0 Å². The maximum atomic E-state index is 5.20. The third-order valence-corrected chi connectivity index (χ3v) is 10.6. The van der Waals surface area contributed by atoms with Gasteiger partial charge in [-0.2, -0.15) is 0 Å². The van der Waals surface area contributed by atoms with Gasteiger partial charge in [0.25, 0.3) is 0 Å². The van der Waals surface area contributed by atoms with Crippen LogP contribution in [0.5, 0.6) is 0 Å². The lowest BCUT2D eigenvalue weighted by Crippen LogP contribution is -2.00. The topological polar surface area (TPSA) is 48.5 Å². The number of hydrogen-bond acceptors (Lipinski definition) is 3. The van der Waals surface area contributed by atoms with Crippen LogP contribution in [0.15, 0.2) is 188 Å². The van der Waals surface area contributed by atoms with E-state index in [1.165, 1.54) is 43.7 Å². The van der Waals surface area contributed by atoms with Gasteiger partial charge in [0.1, 0.15) is 5.82 Å². The molecule has 4 aromatic heterocycles. The standard InChI is InChI=1S/C49H31N5/c1-3-13-32(14-4-1)33-23-25-36(26-24-33)53-43-21-11-7-17-37(43)39-31-46-40(30-45(39)53)38-18-8-12-22-44(38)54(46)47-29-35(27-28-50-47)49-48(34-15-5-2-6-16-34)51-41-19-9-10-20-42(41)52-49/h1-31H. The molecule has 7 aromatic carbocycles. The van der Waals surface area contributed by atoms with Crippen LogP contribution in [0.4, 0.5) is 0 Å². The molecule has 0 fully saturated rings. The van der Waals surface area contributed by atoms with Crippen molar-refractivity contribution >= 4 is 54.6 Å². The highest BCUT2D eigenvalue weighted by Gasteiger charge is 2.20. The van der Waals surface area contributed by atoms with Crippen molar-refractivity contribution in [3.63, 3.8) is 0 Å². The van der Waals surface area contributed by atoms with E-state index in [1.54, 1.807) is 0 Å². The van der Waals surface area contributed by atoms with E-state index in [1.807, 2.05) is 54.7 Å². The van der Waals surface area contributed by atoms with Crippen molar-refractivity contribution in [2.75, 3.05) is 0 Å². The summed E-state index contributed by atoms with van der Waals surface area (Å²) < 4.78 is 4.69. The van der Waals surface area contributed by atoms with E-state index in [0.717, 1.165) is 56.1 Å². The highest BCUT2D eigenvalue weighted by molar-refractivity contribution is 6.19. The third-order valence-electron chi connectivity index (χ3n) is 10.6. The minimum absolute atomic E-state index is 0.826. The molecule has 11 aromatic rings. The fourth-order valence-electron chi connectivity index (χ4n) is 8.08. The molecular formula is C49H31N5. The summed E-state index contributed by atoms with van der Waals surface area (Å²) in [6.45, 7) is 0. The molecule has 0 radical (unpaired) electrons. The normalized spacial score (nSPS) is 11.7. The second kappa shape index (κ2) is 12.1. The van der Waals surface area contributed by atoms with E-state index in [9.17, 15) is 0 Å². The Morgan fingerprint density at radius 2 is 0.833 bits per heavy atom. The van der Waals surface area contributed by atoms with E-state index in [0.29, 0.717) is 0 Å². The SMILES string of the molecule is c1ccc(-c2ccc(-n3c4ccccc4c4cc5c(cc43)c3ccccc3n5-c3cc(-c4nc5ccccc5nc4-c4ccccc4)ccn3)cc2)cc1. The van der Waals surface area contributed by atoms with Crippen LogP contribution in [-0.2, 0) is 0 Å². The van der Waals surface area contributed by atoms with Crippen molar-refractivity contribution in [1.82, 2.24) is 24.1 Å². The summed E-state index contributed by atoms with van der Waals surface area (Å²) >= 11 is 0. The van der Waals surface area contributed by atoms with Gasteiger partial charge in [0, 0.05) is 44.6 Å². The molecule has 0 atom stereocenters. The summed E-state index contributed by atoms with van der Waals surface area (Å²) in [5.74, 6) is 0.826. The van der Waals surface area contributed by atoms with Crippen molar-refractivity contribution in [2.24, 2.45) is 0 Å². The van der Waals surface area contributed by atoms with Gasteiger partial charge >= 0.3 is 0 Å². The molecule has 252 valence electrons. The summed E-state index contributed by atoms with van der Waals surface area (Å²) in [4.78, 5) is 15.3. The van der Waals surface area contributed by atoms with E-state index >= 15 is 0 Å². The maximum Gasteiger partial charge on any atom is 0.138 e. The zero-order chi connectivity index (χ0) is 35.6. The molecule has 0 aliphatic carbocycles. The minimum Gasteiger partial charge on any atom is -0.309 e. The smallest absolute Gasteiger partial charge is 0.138 e. The van der Waals surface area contributed by atoms with Crippen molar-refractivity contribution in [1.29, 1.82) is 0 Å². The van der Waals surface area contributed by atoms with E-state index in [4.69, 9.17) is 15.0 Å². The molecule has 0 bridgehead atoms. The van der Waals surface area contributed by atoms with Crippen LogP contribution in [0.3, 0.4) is 0 Å². The Morgan fingerprint density at radius 1 is 0.333 bits per heavy atom. The second-order valence-corrected chi connectivity index (χ2v) is 13.7. The largest absolute Gasteiger partial charge is 0.309 e. The molecule has 0 saturated carbocycles. The van der Waals surface area contributed by atoms with Gasteiger partial charge < -0.3 is 4.57 Å². The van der Waals surface area contributed by atoms with Crippen molar-refractivity contribution in [3.8, 4) is 45.1 Å². The Bertz CT molecular complexity index is 3200. The molecule has 0 aliphatic heterocycles. The number of aromatic nitrogens is 5. The average molecular weight is 690 g/mol. The quantitative estimate of drug-likeness (QED) is 0.181. The van der Waals surface area contributed by atoms with Gasteiger partial charge in [-0.05, 0) is 71.8 Å². The van der Waals surface area contributed by atoms with Crippen LogP contribution < -0.4 is 0 Å². The number of rotatable bonds is 5. The lowest BCUT2D eigenvalue weighted by Gasteiger charge is -2.13. The van der Waals surface area contributed by atoms with Gasteiger partial charge in [-0.3, -0.25) is 4.57 Å². The third kappa shape index (κ3) is 4.76. The Balaban J connectivity index is 1.13. The molecule has 5 nitrogen and oxygen atoms in total. The number of hydrogen-bond donors (Lipinski definition) is 0. The number of para-hydroxylation sites is 4. The van der Waals surface area contributed by atoms with Crippen LogP contribution in [0.2, 0.25) is 0 Å². The van der Waals surface area contributed by atoms with Crippen molar-refractivity contribution in [2.45, 2.75) is 0 Å². The summed E-state index contributed by atoms with van der Waals surface area (Å²) in [5, 5.41) is 4.75. The van der Waals surface area contributed by atoms with Gasteiger partial charge in [0.05, 0.1) is 44.5 Å². The summed E-state index contributed by atoms with van der Waals surface area (Å²) in [6.07, 6.45) is 1.89. The van der Waals surface area contributed by atoms with Crippen LogP contribution in [-0.4, -0.2) is 24.1 Å². The second-order valence-electron chi connectivity index (χ2n) is 13.7. The number of benzene rings is 7. The number of pyridine rings is 1. The zero-order valence-corrected chi connectivity index (χ0v) is 29.1.